The third-order valence-electron chi connectivity index (χ3n) is 4.84. The van der Waals surface area contributed by atoms with E-state index in [4.69, 9.17) is 5.73 Å². The summed E-state index contributed by atoms with van der Waals surface area (Å²) in [6.45, 7) is 0. The Morgan fingerprint density at radius 2 is 1.88 bits per heavy atom. The summed E-state index contributed by atoms with van der Waals surface area (Å²) < 4.78 is 0. The molecule has 0 unspecified atom stereocenters. The maximum Gasteiger partial charge on any atom is 0.272 e. The first-order chi connectivity index (χ1) is 12.0. The summed E-state index contributed by atoms with van der Waals surface area (Å²) in [7, 11) is 1.80. The van der Waals surface area contributed by atoms with Crippen molar-refractivity contribution in [3.8, 4) is 0 Å². The summed E-state index contributed by atoms with van der Waals surface area (Å²) >= 11 is 0. The minimum atomic E-state index is -0.538. The molecule has 1 saturated carbocycles. The zero-order valence-corrected chi connectivity index (χ0v) is 14.4. The Labute approximate surface area is 147 Å². The highest BCUT2D eigenvalue weighted by Crippen LogP contribution is 2.24. The lowest BCUT2D eigenvalue weighted by molar-refractivity contribution is 0.0645. The molecule has 5 heteroatoms. The number of carbonyl (C=O) groups excluding carboxylic acids is 2. The van der Waals surface area contributed by atoms with E-state index in [1.54, 1.807) is 18.0 Å². The first-order valence-electron chi connectivity index (χ1n) is 8.66. The molecule has 1 aliphatic carbocycles. The molecule has 0 spiro atoms. The molecule has 2 amide bonds. The summed E-state index contributed by atoms with van der Waals surface area (Å²) in [5, 5.41) is 0. The predicted molar refractivity (Wildman–Crippen MR) is 96.3 cm³/mol. The number of carbonyl (C=O) groups is 2. The Morgan fingerprint density at radius 3 is 2.48 bits per heavy atom. The van der Waals surface area contributed by atoms with E-state index in [-0.39, 0.29) is 11.9 Å². The van der Waals surface area contributed by atoms with Gasteiger partial charge in [0, 0.05) is 24.3 Å². The van der Waals surface area contributed by atoms with Gasteiger partial charge in [-0.1, -0.05) is 30.3 Å². The number of aromatic nitrogens is 1. The van der Waals surface area contributed by atoms with Crippen molar-refractivity contribution in [2.24, 2.45) is 5.73 Å². The summed E-state index contributed by atoms with van der Waals surface area (Å²) in [4.78, 5) is 30.6. The normalized spacial score (nSPS) is 14.0. The lowest BCUT2D eigenvalue weighted by Gasteiger charge is -2.34. The highest BCUT2D eigenvalue weighted by Gasteiger charge is 2.27. The second-order valence-corrected chi connectivity index (χ2v) is 6.58. The standard InChI is InChI=1S/C20H23N3O2/c1-23(17-8-5-9-17)20(25)18-13-15(19(21)24)12-16(22-18)11-10-14-6-3-2-4-7-14/h2-4,6-7,12-13,17H,5,8-11H2,1H3,(H2,21,24). The monoisotopic (exact) mass is 337 g/mol. The van der Waals surface area contributed by atoms with Gasteiger partial charge in [-0.3, -0.25) is 9.59 Å². The Hall–Kier alpha value is -2.69. The SMILES string of the molecule is CN(C(=O)c1cc(C(N)=O)cc(CCc2ccccc2)n1)C1CCC1. The van der Waals surface area contributed by atoms with Gasteiger partial charge in [0.25, 0.3) is 5.91 Å². The van der Waals surface area contributed by atoms with Gasteiger partial charge in [0.05, 0.1) is 0 Å². The molecule has 0 saturated heterocycles. The van der Waals surface area contributed by atoms with E-state index in [1.165, 1.54) is 11.6 Å². The zero-order valence-electron chi connectivity index (χ0n) is 14.4. The smallest absolute Gasteiger partial charge is 0.272 e. The van der Waals surface area contributed by atoms with Crippen LogP contribution < -0.4 is 5.73 Å². The third kappa shape index (κ3) is 4.05. The van der Waals surface area contributed by atoms with Crippen molar-refractivity contribution in [2.75, 3.05) is 7.05 Å². The van der Waals surface area contributed by atoms with Crippen molar-refractivity contribution in [1.29, 1.82) is 0 Å². The van der Waals surface area contributed by atoms with Gasteiger partial charge in [0.1, 0.15) is 5.69 Å². The molecule has 130 valence electrons. The molecule has 1 aliphatic rings. The van der Waals surface area contributed by atoms with Crippen LogP contribution in [0.1, 0.15) is 51.4 Å². The van der Waals surface area contributed by atoms with Gasteiger partial charge >= 0.3 is 0 Å². The van der Waals surface area contributed by atoms with Gasteiger partial charge < -0.3 is 10.6 Å². The molecule has 3 rings (SSSR count). The van der Waals surface area contributed by atoms with E-state index in [0.29, 0.717) is 23.4 Å². The quantitative estimate of drug-likeness (QED) is 0.880. The number of hydrogen-bond donors (Lipinski definition) is 1. The molecular formula is C20H23N3O2. The molecule has 0 atom stereocenters. The molecule has 0 bridgehead atoms. The Kier molecular flexibility index (Phi) is 5.12. The average Bonchev–Trinajstić information content (AvgIpc) is 2.58. The molecule has 1 fully saturated rings. The first-order valence-corrected chi connectivity index (χ1v) is 8.66. The molecular weight excluding hydrogens is 314 g/mol. The van der Waals surface area contributed by atoms with Crippen LogP contribution in [0.5, 0.6) is 0 Å². The zero-order chi connectivity index (χ0) is 17.8. The van der Waals surface area contributed by atoms with Gasteiger partial charge in [0.15, 0.2) is 0 Å². The van der Waals surface area contributed by atoms with Gasteiger partial charge in [-0.2, -0.15) is 0 Å². The van der Waals surface area contributed by atoms with E-state index < -0.39 is 5.91 Å². The topological polar surface area (TPSA) is 76.3 Å². The largest absolute Gasteiger partial charge is 0.366 e. The lowest BCUT2D eigenvalue weighted by atomic mass is 9.91. The van der Waals surface area contributed by atoms with Gasteiger partial charge in [-0.25, -0.2) is 4.98 Å². The number of rotatable bonds is 6. The van der Waals surface area contributed by atoms with E-state index in [2.05, 4.69) is 4.98 Å². The van der Waals surface area contributed by atoms with Crippen LogP contribution in [0.4, 0.5) is 0 Å². The van der Waals surface area contributed by atoms with Crippen LogP contribution >= 0.6 is 0 Å². The van der Waals surface area contributed by atoms with Crippen LogP contribution in [0, 0.1) is 0 Å². The van der Waals surface area contributed by atoms with Gasteiger partial charge in [-0.05, 0) is 49.8 Å². The number of hydrogen-bond acceptors (Lipinski definition) is 3. The molecule has 1 heterocycles. The summed E-state index contributed by atoms with van der Waals surface area (Å²) in [6.07, 6.45) is 4.65. The number of amides is 2. The summed E-state index contributed by atoms with van der Waals surface area (Å²) in [6, 6.07) is 13.5. The number of nitrogens with two attached hydrogens (primary N) is 1. The molecule has 0 aliphatic heterocycles. The number of aryl methyl sites for hydroxylation is 2. The van der Waals surface area contributed by atoms with Gasteiger partial charge in [-0.15, -0.1) is 0 Å². The fourth-order valence-corrected chi connectivity index (χ4v) is 3.01. The van der Waals surface area contributed by atoms with E-state index >= 15 is 0 Å². The fourth-order valence-electron chi connectivity index (χ4n) is 3.01. The number of benzene rings is 1. The van der Waals surface area contributed by atoms with Crippen molar-refractivity contribution in [1.82, 2.24) is 9.88 Å². The third-order valence-corrected chi connectivity index (χ3v) is 4.84. The first kappa shape index (κ1) is 17.1. The molecule has 5 nitrogen and oxygen atoms in total. The second-order valence-electron chi connectivity index (χ2n) is 6.58. The summed E-state index contributed by atoms with van der Waals surface area (Å²) in [5.74, 6) is -0.683. The molecule has 25 heavy (non-hydrogen) atoms. The van der Waals surface area contributed by atoms with Gasteiger partial charge in [0.2, 0.25) is 5.91 Å². The Morgan fingerprint density at radius 1 is 1.16 bits per heavy atom. The Bertz CT molecular complexity index is 770. The number of primary amides is 1. The lowest BCUT2D eigenvalue weighted by Crippen LogP contribution is -2.41. The fraction of sp³-hybridized carbons (Fsp3) is 0.350. The van der Waals surface area contributed by atoms with Crippen LogP contribution in [0.3, 0.4) is 0 Å². The van der Waals surface area contributed by atoms with Crippen molar-refractivity contribution in [3.63, 3.8) is 0 Å². The van der Waals surface area contributed by atoms with Crippen molar-refractivity contribution < 1.29 is 9.59 Å². The van der Waals surface area contributed by atoms with Crippen molar-refractivity contribution >= 4 is 11.8 Å². The minimum Gasteiger partial charge on any atom is -0.366 e. The van der Waals surface area contributed by atoms with Crippen molar-refractivity contribution in [2.45, 2.75) is 38.1 Å². The van der Waals surface area contributed by atoms with Crippen molar-refractivity contribution in [3.05, 3.63) is 65.0 Å². The maximum absolute atomic E-state index is 12.7. The average molecular weight is 337 g/mol. The second kappa shape index (κ2) is 7.47. The van der Waals surface area contributed by atoms with E-state index in [1.807, 2.05) is 30.3 Å². The van der Waals surface area contributed by atoms with Crippen LogP contribution in [0.25, 0.3) is 0 Å². The van der Waals surface area contributed by atoms with Crippen LogP contribution in [-0.2, 0) is 12.8 Å². The molecule has 1 aromatic heterocycles. The van der Waals surface area contributed by atoms with Crippen LogP contribution in [0.2, 0.25) is 0 Å². The summed E-state index contributed by atoms with van der Waals surface area (Å²) in [5.41, 5.74) is 7.98. The molecule has 2 aromatic rings. The molecule has 2 N–H and O–H groups in total. The maximum atomic E-state index is 12.7. The van der Waals surface area contributed by atoms with Crippen LogP contribution in [0.15, 0.2) is 42.5 Å². The molecule has 0 radical (unpaired) electrons. The number of nitrogens with zero attached hydrogens (tertiary/aromatic N) is 2. The van der Waals surface area contributed by atoms with E-state index in [0.717, 1.165) is 25.7 Å². The highest BCUT2D eigenvalue weighted by atomic mass is 16.2. The molecule has 1 aromatic carbocycles. The highest BCUT2D eigenvalue weighted by molar-refractivity contribution is 5.98. The van der Waals surface area contributed by atoms with Crippen LogP contribution in [-0.4, -0.2) is 34.8 Å². The Balaban J connectivity index is 1.81. The van der Waals surface area contributed by atoms with E-state index in [9.17, 15) is 9.59 Å². The minimum absolute atomic E-state index is 0.145. The number of pyridine rings is 1. The predicted octanol–water partition coefficient (Wildman–Crippen LogP) is 2.59.